The molecule has 0 radical (unpaired) electrons. The zero-order valence-corrected chi connectivity index (χ0v) is 14.7. The number of rotatable bonds is 2. The summed E-state index contributed by atoms with van der Waals surface area (Å²) >= 11 is 0. The number of nitrogens with zero attached hydrogens (tertiary/aromatic N) is 3. The average Bonchev–Trinajstić information content (AvgIpc) is 3.07. The van der Waals surface area contributed by atoms with Gasteiger partial charge in [-0.15, -0.1) is 0 Å². The highest BCUT2D eigenvalue weighted by Crippen LogP contribution is 2.42. The molecule has 0 spiro atoms. The van der Waals surface area contributed by atoms with E-state index in [0.29, 0.717) is 31.9 Å². The van der Waals surface area contributed by atoms with E-state index in [9.17, 15) is 14.7 Å². The van der Waals surface area contributed by atoms with Crippen LogP contribution in [0.2, 0.25) is 0 Å². The van der Waals surface area contributed by atoms with Crippen molar-refractivity contribution < 1.29 is 19.4 Å². The van der Waals surface area contributed by atoms with Crippen LogP contribution in [-0.4, -0.2) is 58.0 Å². The molecule has 2 atom stereocenters. The van der Waals surface area contributed by atoms with Crippen LogP contribution in [0.1, 0.15) is 43.4 Å². The van der Waals surface area contributed by atoms with Crippen LogP contribution in [-0.2, 0) is 22.0 Å². The minimum absolute atomic E-state index is 0.147. The first-order valence-electron chi connectivity index (χ1n) is 8.30. The molecule has 7 heteroatoms. The number of carboxylic acids is 1. The maximum Gasteiger partial charge on any atom is 0.311 e. The standard InChI is InChI=1S/C17H25N3O4/c1-16(2,3)13-7-12(19(4)18-13)14(21)20-8-11-9-24-6-5-17(11,10-20)15(22)23/h7,11H,5-6,8-10H2,1-4H3,(H,22,23)/t11-,17+/m0/s1. The minimum atomic E-state index is -0.876. The van der Waals surface area contributed by atoms with E-state index in [0.717, 1.165) is 5.69 Å². The second-order valence-corrected chi connectivity index (χ2v) is 7.96. The maximum atomic E-state index is 12.9. The third kappa shape index (κ3) is 2.60. The number of carbonyl (C=O) groups is 2. The highest BCUT2D eigenvalue weighted by Gasteiger charge is 2.55. The number of carbonyl (C=O) groups excluding carboxylic acids is 1. The van der Waals surface area contributed by atoms with Crippen LogP contribution in [0.25, 0.3) is 0 Å². The molecule has 7 nitrogen and oxygen atoms in total. The number of aryl methyl sites for hydroxylation is 1. The van der Waals surface area contributed by atoms with E-state index >= 15 is 0 Å². The molecule has 0 bridgehead atoms. The van der Waals surface area contributed by atoms with Gasteiger partial charge in [0.15, 0.2) is 0 Å². The second-order valence-electron chi connectivity index (χ2n) is 7.96. The second kappa shape index (κ2) is 5.58. The Bertz CT molecular complexity index is 676. The Morgan fingerprint density at radius 1 is 1.42 bits per heavy atom. The SMILES string of the molecule is Cn1nc(C(C)(C)C)cc1C(=O)N1C[C@H]2COCC[C@@]2(C(=O)O)C1. The highest BCUT2D eigenvalue weighted by molar-refractivity contribution is 5.93. The number of hydrogen-bond acceptors (Lipinski definition) is 4. The van der Waals surface area contributed by atoms with Crippen molar-refractivity contribution in [1.29, 1.82) is 0 Å². The van der Waals surface area contributed by atoms with Crippen molar-refractivity contribution in [2.24, 2.45) is 18.4 Å². The zero-order valence-electron chi connectivity index (χ0n) is 14.7. The molecular formula is C17H25N3O4. The molecule has 1 amide bonds. The Morgan fingerprint density at radius 3 is 2.67 bits per heavy atom. The molecule has 1 aromatic heterocycles. The first-order chi connectivity index (χ1) is 11.1. The summed E-state index contributed by atoms with van der Waals surface area (Å²) in [4.78, 5) is 26.5. The minimum Gasteiger partial charge on any atom is -0.481 e. The molecule has 2 aliphatic rings. The monoisotopic (exact) mass is 335 g/mol. The number of likely N-dealkylation sites (tertiary alicyclic amines) is 1. The Balaban J connectivity index is 1.87. The maximum absolute atomic E-state index is 12.9. The van der Waals surface area contributed by atoms with E-state index in [1.165, 1.54) is 0 Å². The Morgan fingerprint density at radius 2 is 2.12 bits per heavy atom. The van der Waals surface area contributed by atoms with Gasteiger partial charge in [-0.3, -0.25) is 14.3 Å². The molecule has 0 aliphatic carbocycles. The smallest absolute Gasteiger partial charge is 0.311 e. The lowest BCUT2D eigenvalue weighted by Crippen LogP contribution is -2.45. The van der Waals surface area contributed by atoms with Crippen molar-refractivity contribution in [3.8, 4) is 0 Å². The molecule has 0 unspecified atom stereocenters. The Labute approximate surface area is 141 Å². The summed E-state index contributed by atoms with van der Waals surface area (Å²) in [6.07, 6.45) is 0.454. The quantitative estimate of drug-likeness (QED) is 0.880. The molecule has 3 heterocycles. The highest BCUT2D eigenvalue weighted by atomic mass is 16.5. The number of hydrogen-bond donors (Lipinski definition) is 1. The summed E-state index contributed by atoms with van der Waals surface area (Å²) < 4.78 is 7.04. The van der Waals surface area contributed by atoms with Crippen molar-refractivity contribution in [3.05, 3.63) is 17.5 Å². The van der Waals surface area contributed by atoms with Gasteiger partial charge in [0.1, 0.15) is 5.69 Å². The van der Waals surface area contributed by atoms with Crippen LogP contribution in [0.15, 0.2) is 6.07 Å². The van der Waals surface area contributed by atoms with Crippen LogP contribution in [0.3, 0.4) is 0 Å². The molecule has 2 fully saturated rings. The number of fused-ring (bicyclic) bond motifs is 1. The van der Waals surface area contributed by atoms with Gasteiger partial charge in [0.05, 0.1) is 17.7 Å². The van der Waals surface area contributed by atoms with Crippen LogP contribution < -0.4 is 0 Å². The van der Waals surface area contributed by atoms with Crippen LogP contribution in [0.5, 0.6) is 0 Å². The lowest BCUT2D eigenvalue weighted by molar-refractivity contribution is -0.157. The third-order valence-electron chi connectivity index (χ3n) is 5.29. The molecule has 0 saturated carbocycles. The molecule has 132 valence electrons. The van der Waals surface area contributed by atoms with E-state index in [4.69, 9.17) is 4.74 Å². The fourth-order valence-electron chi connectivity index (χ4n) is 3.65. The predicted molar refractivity (Wildman–Crippen MR) is 86.8 cm³/mol. The molecular weight excluding hydrogens is 310 g/mol. The number of aromatic nitrogens is 2. The van der Waals surface area contributed by atoms with Crippen molar-refractivity contribution in [2.75, 3.05) is 26.3 Å². The molecule has 24 heavy (non-hydrogen) atoms. The first kappa shape index (κ1) is 17.0. The molecule has 2 saturated heterocycles. The molecule has 2 aliphatic heterocycles. The van der Waals surface area contributed by atoms with Crippen molar-refractivity contribution in [2.45, 2.75) is 32.6 Å². The van der Waals surface area contributed by atoms with Gasteiger partial charge in [-0.1, -0.05) is 20.8 Å². The predicted octanol–water partition coefficient (Wildman–Crippen LogP) is 1.28. The lowest BCUT2D eigenvalue weighted by atomic mass is 9.74. The largest absolute Gasteiger partial charge is 0.481 e. The third-order valence-corrected chi connectivity index (χ3v) is 5.29. The fraction of sp³-hybridized carbons (Fsp3) is 0.706. The summed E-state index contributed by atoms with van der Waals surface area (Å²) in [5, 5.41) is 14.2. The van der Waals surface area contributed by atoms with E-state index in [1.807, 2.05) is 26.8 Å². The zero-order chi connectivity index (χ0) is 17.7. The average molecular weight is 335 g/mol. The van der Waals surface area contributed by atoms with Crippen molar-refractivity contribution in [1.82, 2.24) is 14.7 Å². The van der Waals surface area contributed by atoms with Crippen LogP contribution in [0.4, 0.5) is 0 Å². The first-order valence-corrected chi connectivity index (χ1v) is 8.30. The number of ether oxygens (including phenoxy) is 1. The summed E-state index contributed by atoms with van der Waals surface area (Å²) in [5.74, 6) is -1.13. The summed E-state index contributed by atoms with van der Waals surface area (Å²) in [6, 6.07) is 1.81. The number of amides is 1. The van der Waals surface area contributed by atoms with E-state index in [-0.39, 0.29) is 23.8 Å². The molecule has 1 N–H and O–H groups in total. The lowest BCUT2D eigenvalue weighted by Gasteiger charge is -2.33. The van der Waals surface area contributed by atoms with Crippen molar-refractivity contribution in [3.63, 3.8) is 0 Å². The van der Waals surface area contributed by atoms with Gasteiger partial charge in [-0.2, -0.15) is 5.10 Å². The Kier molecular flexibility index (Phi) is 3.94. The van der Waals surface area contributed by atoms with Gasteiger partial charge < -0.3 is 14.7 Å². The van der Waals surface area contributed by atoms with E-state index < -0.39 is 11.4 Å². The molecule has 0 aromatic carbocycles. The summed E-state index contributed by atoms with van der Waals surface area (Å²) in [7, 11) is 1.75. The number of carboxylic acid groups (broad SMARTS) is 1. The molecule has 1 aromatic rings. The van der Waals surface area contributed by atoms with Crippen LogP contribution >= 0.6 is 0 Å². The normalized spacial score (nSPS) is 27.2. The van der Waals surface area contributed by atoms with Crippen molar-refractivity contribution >= 4 is 11.9 Å². The van der Waals surface area contributed by atoms with E-state index in [1.54, 1.807) is 16.6 Å². The van der Waals surface area contributed by atoms with Gasteiger partial charge in [0.2, 0.25) is 0 Å². The Hall–Kier alpha value is -1.89. The van der Waals surface area contributed by atoms with Gasteiger partial charge in [-0.25, -0.2) is 0 Å². The van der Waals surface area contributed by atoms with Gasteiger partial charge in [0, 0.05) is 38.1 Å². The fourth-order valence-corrected chi connectivity index (χ4v) is 3.65. The summed E-state index contributed by atoms with van der Waals surface area (Å²) in [6.45, 7) is 7.63. The van der Waals surface area contributed by atoms with E-state index in [2.05, 4.69) is 5.10 Å². The molecule has 3 rings (SSSR count). The number of aliphatic carboxylic acids is 1. The van der Waals surface area contributed by atoms with Crippen LogP contribution in [0, 0.1) is 11.3 Å². The summed E-state index contributed by atoms with van der Waals surface area (Å²) in [5.41, 5.74) is 0.325. The van der Waals surface area contributed by atoms with Gasteiger partial charge in [-0.05, 0) is 12.5 Å². The van der Waals surface area contributed by atoms with Gasteiger partial charge >= 0.3 is 5.97 Å². The van der Waals surface area contributed by atoms with Gasteiger partial charge in [0.25, 0.3) is 5.91 Å². The topological polar surface area (TPSA) is 84.7 Å².